The molecule has 0 radical (unpaired) electrons. The van der Waals surface area contributed by atoms with E-state index in [9.17, 15) is 13.2 Å². The van der Waals surface area contributed by atoms with Gasteiger partial charge < -0.3 is 4.74 Å². The number of esters is 1. The number of H-pyrrole nitrogens is 1. The van der Waals surface area contributed by atoms with Crippen LogP contribution in [0.15, 0.2) is 23.1 Å². The quantitative estimate of drug-likeness (QED) is 0.837. The summed E-state index contributed by atoms with van der Waals surface area (Å²) in [5.74, 6) is -0.531. The maximum Gasteiger partial charge on any atom is 0.337 e. The van der Waals surface area contributed by atoms with Gasteiger partial charge in [0.05, 0.1) is 29.7 Å². The molecule has 0 aliphatic heterocycles. The zero-order chi connectivity index (χ0) is 16.5. The molecule has 0 fully saturated rings. The van der Waals surface area contributed by atoms with Crippen molar-refractivity contribution >= 4 is 21.7 Å². The molecule has 118 valence electrons. The van der Waals surface area contributed by atoms with Gasteiger partial charge in [-0.05, 0) is 38.5 Å². The minimum atomic E-state index is -3.80. The van der Waals surface area contributed by atoms with Crippen LogP contribution in [-0.2, 0) is 14.8 Å². The summed E-state index contributed by atoms with van der Waals surface area (Å²) in [6.45, 7) is 4.98. The Labute approximate surface area is 128 Å². The molecule has 7 nitrogen and oxygen atoms in total. The number of carbonyl (C=O) groups excluding carboxylic acids is 1. The highest BCUT2D eigenvalue weighted by molar-refractivity contribution is 7.92. The molecule has 0 amide bonds. The summed E-state index contributed by atoms with van der Waals surface area (Å²) in [6, 6.07) is 4.68. The van der Waals surface area contributed by atoms with E-state index in [0.29, 0.717) is 22.6 Å². The first-order valence-corrected chi connectivity index (χ1v) is 7.98. The van der Waals surface area contributed by atoms with Gasteiger partial charge in [-0.15, -0.1) is 0 Å². The van der Waals surface area contributed by atoms with E-state index in [4.69, 9.17) is 0 Å². The zero-order valence-corrected chi connectivity index (χ0v) is 13.5. The first kappa shape index (κ1) is 16.0. The predicted octanol–water partition coefficient (Wildman–Crippen LogP) is 1.92. The summed E-state index contributed by atoms with van der Waals surface area (Å²) in [4.78, 5) is 11.7. The van der Waals surface area contributed by atoms with Gasteiger partial charge in [0.2, 0.25) is 0 Å². The maximum absolute atomic E-state index is 12.5. The lowest BCUT2D eigenvalue weighted by molar-refractivity contribution is 0.0601. The summed E-state index contributed by atoms with van der Waals surface area (Å²) >= 11 is 0. The van der Waals surface area contributed by atoms with Crippen molar-refractivity contribution < 1.29 is 17.9 Å². The second kappa shape index (κ2) is 5.80. The summed E-state index contributed by atoms with van der Waals surface area (Å²) in [7, 11) is -2.53. The van der Waals surface area contributed by atoms with Gasteiger partial charge in [0, 0.05) is 0 Å². The number of aromatic amines is 1. The van der Waals surface area contributed by atoms with Crippen molar-refractivity contribution in [2.24, 2.45) is 0 Å². The lowest BCUT2D eigenvalue weighted by Crippen LogP contribution is -2.16. The van der Waals surface area contributed by atoms with Crippen LogP contribution in [0.1, 0.15) is 27.3 Å². The number of nitrogens with zero attached hydrogens (tertiary/aromatic N) is 1. The number of aryl methyl sites for hydroxylation is 3. The molecular weight excluding hydrogens is 306 g/mol. The molecule has 0 aliphatic carbocycles. The molecule has 0 spiro atoms. The van der Waals surface area contributed by atoms with E-state index >= 15 is 0 Å². The molecule has 0 bridgehead atoms. The fourth-order valence-electron chi connectivity index (χ4n) is 2.11. The zero-order valence-electron chi connectivity index (χ0n) is 12.7. The monoisotopic (exact) mass is 323 g/mol. The molecule has 8 heteroatoms. The van der Waals surface area contributed by atoms with Crippen LogP contribution in [0.4, 0.5) is 5.69 Å². The van der Waals surface area contributed by atoms with E-state index in [-0.39, 0.29) is 10.5 Å². The van der Waals surface area contributed by atoms with E-state index in [0.717, 1.165) is 0 Å². The van der Waals surface area contributed by atoms with Gasteiger partial charge in [-0.2, -0.15) is 5.10 Å². The molecule has 1 aromatic heterocycles. The number of anilines is 1. The van der Waals surface area contributed by atoms with E-state index in [2.05, 4.69) is 19.7 Å². The maximum atomic E-state index is 12.5. The summed E-state index contributed by atoms with van der Waals surface area (Å²) < 4.78 is 32.2. The van der Waals surface area contributed by atoms with Gasteiger partial charge in [0.1, 0.15) is 4.90 Å². The van der Waals surface area contributed by atoms with E-state index in [1.165, 1.54) is 13.2 Å². The fourth-order valence-corrected chi connectivity index (χ4v) is 3.60. The molecule has 0 saturated heterocycles. The summed E-state index contributed by atoms with van der Waals surface area (Å²) in [5, 5.41) is 6.53. The lowest BCUT2D eigenvalue weighted by atomic mass is 10.1. The van der Waals surface area contributed by atoms with Gasteiger partial charge in [0.25, 0.3) is 10.0 Å². The van der Waals surface area contributed by atoms with Crippen molar-refractivity contribution in [1.29, 1.82) is 0 Å². The van der Waals surface area contributed by atoms with Crippen LogP contribution < -0.4 is 4.72 Å². The smallest absolute Gasteiger partial charge is 0.337 e. The van der Waals surface area contributed by atoms with Crippen LogP contribution in [-0.4, -0.2) is 31.7 Å². The Morgan fingerprint density at radius 1 is 1.27 bits per heavy atom. The Kier molecular flexibility index (Phi) is 4.23. The highest BCUT2D eigenvalue weighted by Crippen LogP contribution is 2.24. The molecule has 0 saturated carbocycles. The minimum absolute atomic E-state index is 0.107. The van der Waals surface area contributed by atoms with Crippen molar-refractivity contribution in [2.75, 3.05) is 11.8 Å². The van der Waals surface area contributed by atoms with Gasteiger partial charge >= 0.3 is 5.97 Å². The molecule has 22 heavy (non-hydrogen) atoms. The number of methoxy groups -OCH3 is 1. The molecule has 0 atom stereocenters. The lowest BCUT2D eigenvalue weighted by Gasteiger charge is -2.12. The third-order valence-electron chi connectivity index (χ3n) is 3.23. The number of benzene rings is 1. The highest BCUT2D eigenvalue weighted by atomic mass is 32.2. The van der Waals surface area contributed by atoms with Crippen LogP contribution >= 0.6 is 0 Å². The van der Waals surface area contributed by atoms with Crippen molar-refractivity contribution in [3.8, 4) is 0 Å². The molecule has 2 rings (SSSR count). The fraction of sp³-hybridized carbons (Fsp3) is 0.286. The second-order valence-electron chi connectivity index (χ2n) is 4.89. The van der Waals surface area contributed by atoms with Crippen LogP contribution in [0.2, 0.25) is 0 Å². The Morgan fingerprint density at radius 3 is 2.50 bits per heavy atom. The van der Waals surface area contributed by atoms with Gasteiger partial charge in [-0.1, -0.05) is 6.07 Å². The number of carbonyl (C=O) groups is 1. The average Bonchev–Trinajstić information content (AvgIpc) is 2.80. The topological polar surface area (TPSA) is 101 Å². The van der Waals surface area contributed by atoms with Gasteiger partial charge in [-0.25, -0.2) is 13.2 Å². The number of nitrogens with one attached hydrogen (secondary N) is 2. The molecule has 1 heterocycles. The third kappa shape index (κ3) is 2.96. The van der Waals surface area contributed by atoms with Crippen molar-refractivity contribution in [1.82, 2.24) is 10.2 Å². The van der Waals surface area contributed by atoms with E-state index in [1.807, 2.05) is 0 Å². The van der Waals surface area contributed by atoms with Crippen LogP contribution in [0.25, 0.3) is 0 Å². The molecular formula is C14H17N3O4S. The van der Waals surface area contributed by atoms with Crippen molar-refractivity contribution in [2.45, 2.75) is 25.7 Å². The van der Waals surface area contributed by atoms with E-state index < -0.39 is 16.0 Å². The first-order valence-electron chi connectivity index (χ1n) is 6.49. The first-order chi connectivity index (χ1) is 10.3. The molecule has 2 aromatic rings. The second-order valence-corrected chi connectivity index (χ2v) is 6.51. The normalized spacial score (nSPS) is 11.3. The average molecular weight is 323 g/mol. The highest BCUT2D eigenvalue weighted by Gasteiger charge is 2.23. The largest absolute Gasteiger partial charge is 0.465 e. The Bertz CT molecular complexity index is 805. The summed E-state index contributed by atoms with van der Waals surface area (Å²) in [5.41, 5.74) is 2.11. The predicted molar refractivity (Wildman–Crippen MR) is 81.4 cm³/mol. The number of rotatable bonds is 4. The van der Waals surface area contributed by atoms with Gasteiger partial charge in [0.15, 0.2) is 0 Å². The van der Waals surface area contributed by atoms with Crippen LogP contribution in [0.3, 0.4) is 0 Å². The van der Waals surface area contributed by atoms with E-state index in [1.54, 1.807) is 32.9 Å². The minimum Gasteiger partial charge on any atom is -0.465 e. The molecule has 1 aromatic carbocycles. The van der Waals surface area contributed by atoms with Crippen LogP contribution in [0.5, 0.6) is 0 Å². The summed E-state index contributed by atoms with van der Waals surface area (Å²) in [6.07, 6.45) is 0. The van der Waals surface area contributed by atoms with Crippen molar-refractivity contribution in [3.63, 3.8) is 0 Å². The number of aromatic nitrogens is 2. The number of ether oxygens (including phenoxy) is 1. The molecule has 0 aliphatic rings. The number of sulfonamides is 1. The Morgan fingerprint density at radius 2 is 1.95 bits per heavy atom. The van der Waals surface area contributed by atoms with Gasteiger partial charge in [-0.3, -0.25) is 9.82 Å². The number of hydrogen-bond donors (Lipinski definition) is 2. The Balaban J connectivity index is 2.44. The Hall–Kier alpha value is -2.35. The van der Waals surface area contributed by atoms with Crippen molar-refractivity contribution in [3.05, 3.63) is 40.7 Å². The SMILES string of the molecule is COC(=O)c1ccc(C)c(NS(=O)(=O)c2c(C)n[nH]c2C)c1. The number of hydrogen-bond acceptors (Lipinski definition) is 5. The standard InChI is InChI=1S/C14H17N3O4S/c1-8-5-6-11(14(18)21-4)7-12(8)17-22(19,20)13-9(2)15-16-10(13)3/h5-7,17H,1-4H3,(H,15,16). The van der Waals surface area contributed by atoms with Crippen LogP contribution in [0, 0.1) is 20.8 Å². The molecule has 2 N–H and O–H groups in total. The third-order valence-corrected chi connectivity index (χ3v) is 4.86. The molecule has 0 unspecified atom stereocenters.